The molecule has 0 spiro atoms. The van der Waals surface area contributed by atoms with Crippen molar-refractivity contribution < 1.29 is 19.4 Å². The summed E-state index contributed by atoms with van der Waals surface area (Å²) in [6, 6.07) is 4.24. The van der Waals surface area contributed by atoms with E-state index in [1.165, 1.54) is 18.9 Å². The molecule has 0 aliphatic carbocycles. The van der Waals surface area contributed by atoms with Crippen molar-refractivity contribution in [3.63, 3.8) is 0 Å². The number of ether oxygens (including phenoxy) is 1. The summed E-state index contributed by atoms with van der Waals surface area (Å²) in [4.78, 5) is 24.3. The molecule has 1 aliphatic heterocycles. The Morgan fingerprint density at radius 2 is 2.15 bits per heavy atom. The minimum absolute atomic E-state index is 0.115. The van der Waals surface area contributed by atoms with Crippen LogP contribution in [0, 0.1) is 0 Å². The first-order chi connectivity index (χ1) is 9.40. The van der Waals surface area contributed by atoms with Gasteiger partial charge in [-0.05, 0) is 31.2 Å². The number of benzene rings is 1. The maximum Gasteiger partial charge on any atom is 0.326 e. The Balaban J connectivity index is 2.26. The monoisotopic (exact) mass is 295 g/mol. The van der Waals surface area contributed by atoms with Crippen molar-refractivity contribution in [1.29, 1.82) is 0 Å². The van der Waals surface area contributed by atoms with E-state index in [-0.39, 0.29) is 12.5 Å². The maximum atomic E-state index is 12.2. The molecule has 6 heteroatoms. The molecule has 1 N–H and O–H groups in total. The highest BCUT2D eigenvalue weighted by Crippen LogP contribution is 2.29. The van der Waals surface area contributed by atoms with Gasteiger partial charge in [0.2, 0.25) is 0 Å². The third-order valence-corrected chi connectivity index (χ3v) is 3.45. The van der Waals surface area contributed by atoms with E-state index in [0.717, 1.165) is 0 Å². The molecule has 5 nitrogen and oxygen atoms in total. The van der Waals surface area contributed by atoms with Crippen molar-refractivity contribution >= 4 is 29.6 Å². The molecule has 20 heavy (non-hydrogen) atoms. The van der Waals surface area contributed by atoms with Crippen LogP contribution in [0.25, 0.3) is 6.08 Å². The molecule has 0 fully saturated rings. The van der Waals surface area contributed by atoms with Crippen LogP contribution >= 0.6 is 11.6 Å². The molecule has 0 unspecified atom stereocenters. The van der Waals surface area contributed by atoms with E-state index < -0.39 is 12.0 Å². The van der Waals surface area contributed by atoms with Crippen LogP contribution in [0.4, 0.5) is 0 Å². The molecule has 1 heterocycles. The lowest BCUT2D eigenvalue weighted by molar-refractivity contribution is -0.147. The highest BCUT2D eigenvalue weighted by Gasteiger charge is 2.26. The van der Waals surface area contributed by atoms with E-state index in [1.54, 1.807) is 24.3 Å². The smallest absolute Gasteiger partial charge is 0.326 e. The molecule has 1 atom stereocenters. The van der Waals surface area contributed by atoms with Gasteiger partial charge in [0.05, 0.1) is 5.57 Å². The number of rotatable bonds is 3. The van der Waals surface area contributed by atoms with Gasteiger partial charge < -0.3 is 14.7 Å². The van der Waals surface area contributed by atoms with Gasteiger partial charge in [0.25, 0.3) is 5.91 Å². The first-order valence-electron chi connectivity index (χ1n) is 6.03. The third-order valence-electron chi connectivity index (χ3n) is 3.22. The van der Waals surface area contributed by atoms with E-state index in [0.29, 0.717) is 21.9 Å². The van der Waals surface area contributed by atoms with Gasteiger partial charge in [-0.3, -0.25) is 4.79 Å². The summed E-state index contributed by atoms with van der Waals surface area (Å²) in [6.07, 6.45) is 1.68. The van der Waals surface area contributed by atoms with E-state index in [1.807, 2.05) is 0 Å². The van der Waals surface area contributed by atoms with Crippen LogP contribution in [-0.4, -0.2) is 41.6 Å². The summed E-state index contributed by atoms with van der Waals surface area (Å²) in [5.74, 6) is -0.771. The van der Waals surface area contributed by atoms with Gasteiger partial charge in [-0.25, -0.2) is 4.79 Å². The SMILES string of the molecule is C[C@@H](C(=O)O)N(C)C(=O)C1=Cc2cc(Cl)ccc2OC1. The second-order valence-corrected chi connectivity index (χ2v) is 5.01. The largest absolute Gasteiger partial charge is 0.488 e. The van der Waals surface area contributed by atoms with Gasteiger partial charge in [0, 0.05) is 17.6 Å². The Labute approximate surface area is 121 Å². The van der Waals surface area contributed by atoms with Crippen LogP contribution in [0.5, 0.6) is 5.75 Å². The summed E-state index contributed by atoms with van der Waals surface area (Å²) in [6.45, 7) is 1.57. The van der Waals surface area contributed by atoms with Gasteiger partial charge in [-0.2, -0.15) is 0 Å². The molecular formula is C14H14ClNO4. The van der Waals surface area contributed by atoms with Crippen LogP contribution in [0.1, 0.15) is 12.5 Å². The Morgan fingerprint density at radius 3 is 2.80 bits per heavy atom. The Bertz CT molecular complexity index is 597. The summed E-state index contributed by atoms with van der Waals surface area (Å²) >= 11 is 5.90. The van der Waals surface area contributed by atoms with Gasteiger partial charge in [-0.15, -0.1) is 0 Å². The van der Waals surface area contributed by atoms with Crippen LogP contribution < -0.4 is 4.74 Å². The third kappa shape index (κ3) is 2.77. The number of aliphatic carboxylic acids is 1. The quantitative estimate of drug-likeness (QED) is 0.927. The predicted molar refractivity (Wildman–Crippen MR) is 74.8 cm³/mol. The van der Waals surface area contributed by atoms with Gasteiger partial charge in [0.15, 0.2) is 0 Å². The van der Waals surface area contributed by atoms with Crippen LogP contribution in [0.3, 0.4) is 0 Å². The van der Waals surface area contributed by atoms with Gasteiger partial charge in [-0.1, -0.05) is 11.6 Å². The normalized spacial score (nSPS) is 14.7. The zero-order valence-corrected chi connectivity index (χ0v) is 11.8. The number of fused-ring (bicyclic) bond motifs is 1. The zero-order chi connectivity index (χ0) is 14.9. The number of carbonyl (C=O) groups is 2. The van der Waals surface area contributed by atoms with Crippen LogP contribution in [0.2, 0.25) is 5.02 Å². The van der Waals surface area contributed by atoms with Crippen molar-refractivity contribution in [2.45, 2.75) is 13.0 Å². The van der Waals surface area contributed by atoms with Crippen molar-refractivity contribution in [1.82, 2.24) is 4.90 Å². The molecular weight excluding hydrogens is 282 g/mol. The van der Waals surface area contributed by atoms with Crippen LogP contribution in [0.15, 0.2) is 23.8 Å². The first-order valence-corrected chi connectivity index (χ1v) is 6.41. The second kappa shape index (κ2) is 5.54. The molecule has 1 aromatic carbocycles. The van der Waals surface area contributed by atoms with E-state index in [4.69, 9.17) is 21.4 Å². The first kappa shape index (κ1) is 14.4. The van der Waals surface area contributed by atoms with Crippen molar-refractivity contribution in [3.05, 3.63) is 34.4 Å². The minimum atomic E-state index is -1.05. The Morgan fingerprint density at radius 1 is 1.45 bits per heavy atom. The fraction of sp³-hybridized carbons (Fsp3) is 0.286. The molecule has 0 bridgehead atoms. The topological polar surface area (TPSA) is 66.8 Å². The van der Waals surface area contributed by atoms with Gasteiger partial charge >= 0.3 is 5.97 Å². The summed E-state index contributed by atoms with van der Waals surface area (Å²) in [5.41, 5.74) is 1.11. The Hall–Kier alpha value is -2.01. The lowest BCUT2D eigenvalue weighted by Gasteiger charge is -2.25. The molecule has 0 saturated carbocycles. The average molecular weight is 296 g/mol. The number of nitrogens with zero attached hydrogens (tertiary/aromatic N) is 1. The van der Waals surface area contributed by atoms with Crippen molar-refractivity contribution in [2.24, 2.45) is 0 Å². The van der Waals surface area contributed by atoms with E-state index in [9.17, 15) is 9.59 Å². The summed E-state index contributed by atoms with van der Waals surface area (Å²) in [7, 11) is 1.45. The molecule has 1 aliphatic rings. The second-order valence-electron chi connectivity index (χ2n) is 4.57. The Kier molecular flexibility index (Phi) is 3.99. The number of carboxylic acids is 1. The molecule has 0 aromatic heterocycles. The molecule has 1 amide bonds. The van der Waals surface area contributed by atoms with Gasteiger partial charge in [0.1, 0.15) is 18.4 Å². The van der Waals surface area contributed by atoms with Crippen molar-refractivity contribution in [2.75, 3.05) is 13.7 Å². The number of likely N-dealkylation sites (N-methyl/N-ethyl adjacent to an activating group) is 1. The number of hydrogen-bond acceptors (Lipinski definition) is 3. The fourth-order valence-electron chi connectivity index (χ4n) is 1.84. The minimum Gasteiger partial charge on any atom is -0.488 e. The average Bonchev–Trinajstić information content (AvgIpc) is 2.43. The number of carboxylic acid groups (broad SMARTS) is 1. The van der Waals surface area contributed by atoms with Crippen LogP contribution in [-0.2, 0) is 9.59 Å². The lowest BCUT2D eigenvalue weighted by atomic mass is 10.1. The summed E-state index contributed by atoms with van der Waals surface area (Å²) < 4.78 is 5.48. The molecule has 2 rings (SSSR count). The standard InChI is InChI=1S/C14H14ClNO4/c1-8(14(18)19)16(2)13(17)10-5-9-6-11(15)3-4-12(9)20-7-10/h3-6,8H,7H2,1-2H3,(H,18,19)/t8-/m0/s1. The molecule has 1 aromatic rings. The zero-order valence-electron chi connectivity index (χ0n) is 11.1. The molecule has 0 saturated heterocycles. The number of hydrogen-bond donors (Lipinski definition) is 1. The fourth-order valence-corrected chi connectivity index (χ4v) is 2.02. The van der Waals surface area contributed by atoms with E-state index >= 15 is 0 Å². The molecule has 0 radical (unpaired) electrons. The van der Waals surface area contributed by atoms with E-state index in [2.05, 4.69) is 0 Å². The lowest BCUT2D eigenvalue weighted by Crippen LogP contribution is -2.41. The highest BCUT2D eigenvalue weighted by atomic mass is 35.5. The highest BCUT2D eigenvalue weighted by molar-refractivity contribution is 6.30. The number of halogens is 1. The molecule has 106 valence electrons. The number of amides is 1. The van der Waals surface area contributed by atoms with Crippen molar-refractivity contribution in [3.8, 4) is 5.75 Å². The maximum absolute atomic E-state index is 12.2. The summed E-state index contributed by atoms with van der Waals surface area (Å²) in [5, 5.41) is 9.48. The predicted octanol–water partition coefficient (Wildman–Crippen LogP) is 2.05. The number of carbonyl (C=O) groups excluding carboxylic acids is 1.